The molecule has 0 saturated carbocycles. The molecule has 25 heavy (non-hydrogen) atoms. The number of hydrogen-bond acceptors (Lipinski definition) is 2. The van der Waals surface area contributed by atoms with E-state index in [1.54, 1.807) is 0 Å². The first-order chi connectivity index (χ1) is 12.3. The summed E-state index contributed by atoms with van der Waals surface area (Å²) in [6.45, 7) is 3.12. The van der Waals surface area contributed by atoms with Gasteiger partial charge in [0, 0.05) is 17.9 Å². The van der Waals surface area contributed by atoms with Gasteiger partial charge in [-0.3, -0.25) is 0 Å². The van der Waals surface area contributed by atoms with Gasteiger partial charge in [0.2, 0.25) is 0 Å². The molecular formula is C23H20N2. The standard InChI is InChI=1S/C23H20N2/c1-17-15-18(16-24)8-13-22(17)19-9-11-21(12-10-19)25-14-4-6-20-5-2-3-7-23(20)25/h2-3,5,7-13,15H,4,6,14H2,1H3. The van der Waals surface area contributed by atoms with Crippen molar-refractivity contribution < 1.29 is 0 Å². The van der Waals surface area contributed by atoms with Gasteiger partial charge in [-0.25, -0.2) is 0 Å². The maximum absolute atomic E-state index is 9.03. The smallest absolute Gasteiger partial charge is 0.0991 e. The van der Waals surface area contributed by atoms with E-state index in [1.807, 2.05) is 18.2 Å². The monoisotopic (exact) mass is 324 g/mol. The molecule has 0 fully saturated rings. The predicted octanol–water partition coefficient (Wildman–Crippen LogP) is 5.62. The maximum Gasteiger partial charge on any atom is 0.0991 e. The molecule has 0 spiro atoms. The molecule has 0 unspecified atom stereocenters. The van der Waals surface area contributed by atoms with E-state index in [4.69, 9.17) is 5.26 Å². The Balaban J connectivity index is 1.67. The van der Waals surface area contributed by atoms with Crippen molar-refractivity contribution >= 4 is 11.4 Å². The molecule has 0 saturated heterocycles. The SMILES string of the molecule is Cc1cc(C#N)ccc1-c1ccc(N2CCCc3ccccc32)cc1. The summed E-state index contributed by atoms with van der Waals surface area (Å²) >= 11 is 0. The van der Waals surface area contributed by atoms with E-state index in [0.29, 0.717) is 5.56 Å². The molecule has 2 nitrogen and oxygen atoms in total. The molecule has 0 radical (unpaired) electrons. The summed E-state index contributed by atoms with van der Waals surface area (Å²) in [6, 6.07) is 25.5. The lowest BCUT2D eigenvalue weighted by atomic mass is 9.97. The summed E-state index contributed by atoms with van der Waals surface area (Å²) in [4.78, 5) is 2.41. The van der Waals surface area contributed by atoms with Crippen molar-refractivity contribution in [2.45, 2.75) is 19.8 Å². The van der Waals surface area contributed by atoms with Crippen LogP contribution in [0, 0.1) is 18.3 Å². The first kappa shape index (κ1) is 15.5. The molecule has 122 valence electrons. The van der Waals surface area contributed by atoms with E-state index in [-0.39, 0.29) is 0 Å². The minimum Gasteiger partial charge on any atom is -0.341 e. The molecule has 0 N–H and O–H groups in total. The largest absolute Gasteiger partial charge is 0.341 e. The first-order valence-corrected chi connectivity index (χ1v) is 8.73. The lowest BCUT2D eigenvalue weighted by molar-refractivity contribution is 0.767. The third kappa shape index (κ3) is 2.90. The van der Waals surface area contributed by atoms with Gasteiger partial charge in [0.25, 0.3) is 0 Å². The van der Waals surface area contributed by atoms with Crippen LogP contribution in [0.1, 0.15) is 23.1 Å². The fourth-order valence-electron chi connectivity index (χ4n) is 3.68. The number of rotatable bonds is 2. The van der Waals surface area contributed by atoms with Crippen molar-refractivity contribution in [3.63, 3.8) is 0 Å². The number of fused-ring (bicyclic) bond motifs is 1. The normalized spacial score (nSPS) is 13.2. The van der Waals surface area contributed by atoms with Crippen molar-refractivity contribution in [3.05, 3.63) is 83.4 Å². The quantitative estimate of drug-likeness (QED) is 0.612. The maximum atomic E-state index is 9.03. The second kappa shape index (κ2) is 6.45. The Morgan fingerprint density at radius 2 is 1.76 bits per heavy atom. The Labute approximate surface area is 149 Å². The number of hydrogen-bond donors (Lipinski definition) is 0. The van der Waals surface area contributed by atoms with Crippen LogP contribution in [-0.2, 0) is 6.42 Å². The van der Waals surface area contributed by atoms with Crippen LogP contribution in [-0.4, -0.2) is 6.54 Å². The van der Waals surface area contributed by atoms with E-state index in [2.05, 4.69) is 66.4 Å². The van der Waals surface area contributed by atoms with Gasteiger partial charge in [0.1, 0.15) is 0 Å². The van der Waals surface area contributed by atoms with E-state index in [0.717, 1.165) is 18.5 Å². The van der Waals surface area contributed by atoms with Crippen molar-refractivity contribution in [2.75, 3.05) is 11.4 Å². The van der Waals surface area contributed by atoms with Crippen LogP contribution in [0.15, 0.2) is 66.7 Å². The number of benzene rings is 3. The van der Waals surface area contributed by atoms with E-state index >= 15 is 0 Å². The zero-order chi connectivity index (χ0) is 17.2. The highest BCUT2D eigenvalue weighted by molar-refractivity contribution is 5.73. The number of para-hydroxylation sites is 1. The summed E-state index contributed by atoms with van der Waals surface area (Å²) in [5.41, 5.74) is 8.22. The van der Waals surface area contributed by atoms with Crippen LogP contribution in [0.2, 0.25) is 0 Å². The second-order valence-corrected chi connectivity index (χ2v) is 6.57. The average molecular weight is 324 g/mol. The zero-order valence-corrected chi connectivity index (χ0v) is 14.4. The highest BCUT2D eigenvalue weighted by Crippen LogP contribution is 2.34. The first-order valence-electron chi connectivity index (χ1n) is 8.73. The third-order valence-electron chi connectivity index (χ3n) is 4.96. The van der Waals surface area contributed by atoms with Crippen LogP contribution >= 0.6 is 0 Å². The van der Waals surface area contributed by atoms with Gasteiger partial charge >= 0.3 is 0 Å². The van der Waals surface area contributed by atoms with Gasteiger partial charge in [-0.15, -0.1) is 0 Å². The Morgan fingerprint density at radius 1 is 0.960 bits per heavy atom. The molecule has 1 heterocycles. The summed E-state index contributed by atoms with van der Waals surface area (Å²) < 4.78 is 0. The van der Waals surface area contributed by atoms with Crippen molar-refractivity contribution in [1.29, 1.82) is 5.26 Å². The molecule has 4 rings (SSSR count). The summed E-state index contributed by atoms with van der Waals surface area (Å²) in [7, 11) is 0. The van der Waals surface area contributed by atoms with Gasteiger partial charge < -0.3 is 4.90 Å². The number of nitriles is 1. The van der Waals surface area contributed by atoms with Gasteiger partial charge in [-0.2, -0.15) is 5.26 Å². The van der Waals surface area contributed by atoms with E-state index < -0.39 is 0 Å². The van der Waals surface area contributed by atoms with Gasteiger partial charge in [-0.1, -0.05) is 36.4 Å². The van der Waals surface area contributed by atoms with Crippen LogP contribution in [0.3, 0.4) is 0 Å². The number of nitrogens with zero attached hydrogens (tertiary/aromatic N) is 2. The van der Waals surface area contributed by atoms with Gasteiger partial charge in [-0.05, 0) is 72.4 Å². The molecule has 0 aromatic heterocycles. The summed E-state index contributed by atoms with van der Waals surface area (Å²) in [6.07, 6.45) is 2.35. The Morgan fingerprint density at radius 3 is 2.52 bits per heavy atom. The second-order valence-electron chi connectivity index (χ2n) is 6.57. The van der Waals surface area contributed by atoms with Crippen molar-refractivity contribution in [3.8, 4) is 17.2 Å². The Hall–Kier alpha value is -3.05. The van der Waals surface area contributed by atoms with Crippen LogP contribution in [0.5, 0.6) is 0 Å². The molecule has 0 bridgehead atoms. The molecule has 1 aliphatic rings. The minimum absolute atomic E-state index is 0.711. The van der Waals surface area contributed by atoms with Crippen LogP contribution in [0.4, 0.5) is 11.4 Å². The molecule has 0 atom stereocenters. The molecule has 0 aliphatic carbocycles. The van der Waals surface area contributed by atoms with Gasteiger partial charge in [0.15, 0.2) is 0 Å². The van der Waals surface area contributed by atoms with Crippen LogP contribution < -0.4 is 4.90 Å². The Bertz CT molecular complexity index is 949. The van der Waals surface area contributed by atoms with Crippen molar-refractivity contribution in [1.82, 2.24) is 0 Å². The molecular weight excluding hydrogens is 304 g/mol. The molecule has 3 aromatic carbocycles. The lowest BCUT2D eigenvalue weighted by Crippen LogP contribution is -2.24. The number of aryl methyl sites for hydroxylation is 2. The lowest BCUT2D eigenvalue weighted by Gasteiger charge is -2.31. The molecule has 3 aromatic rings. The fraction of sp³-hybridized carbons (Fsp3) is 0.174. The highest BCUT2D eigenvalue weighted by atomic mass is 15.1. The minimum atomic E-state index is 0.711. The van der Waals surface area contributed by atoms with Crippen molar-refractivity contribution in [2.24, 2.45) is 0 Å². The topological polar surface area (TPSA) is 27.0 Å². The van der Waals surface area contributed by atoms with Gasteiger partial charge in [0.05, 0.1) is 11.6 Å². The molecule has 2 heteroatoms. The zero-order valence-electron chi connectivity index (χ0n) is 14.4. The van der Waals surface area contributed by atoms with E-state index in [9.17, 15) is 0 Å². The summed E-state index contributed by atoms with van der Waals surface area (Å²) in [5.74, 6) is 0. The third-order valence-corrected chi connectivity index (χ3v) is 4.96. The van der Waals surface area contributed by atoms with Crippen LogP contribution in [0.25, 0.3) is 11.1 Å². The molecule has 0 amide bonds. The fourth-order valence-corrected chi connectivity index (χ4v) is 3.68. The predicted molar refractivity (Wildman–Crippen MR) is 103 cm³/mol. The molecule has 1 aliphatic heterocycles. The Kier molecular flexibility index (Phi) is 3.99. The van der Waals surface area contributed by atoms with E-state index in [1.165, 1.54) is 34.5 Å². The summed E-state index contributed by atoms with van der Waals surface area (Å²) in [5, 5.41) is 9.03. The average Bonchev–Trinajstić information content (AvgIpc) is 2.67. The number of anilines is 2. The highest BCUT2D eigenvalue weighted by Gasteiger charge is 2.17.